The van der Waals surface area contributed by atoms with Crippen LogP contribution in [0, 0.1) is 0 Å². The van der Waals surface area contributed by atoms with E-state index in [2.05, 4.69) is 9.97 Å². The Labute approximate surface area is 102 Å². The van der Waals surface area contributed by atoms with Crippen LogP contribution in [-0.4, -0.2) is 18.4 Å². The Morgan fingerprint density at radius 1 is 1.41 bits per heavy atom. The van der Waals surface area contributed by atoms with Gasteiger partial charge in [0.1, 0.15) is 5.82 Å². The lowest BCUT2D eigenvalue weighted by molar-refractivity contribution is 0.609. The number of halogens is 1. The van der Waals surface area contributed by atoms with Gasteiger partial charge in [0.15, 0.2) is 0 Å². The third-order valence-electron chi connectivity index (χ3n) is 2.34. The molecule has 0 aliphatic rings. The average Bonchev–Trinajstić information content (AvgIpc) is 2.27. The van der Waals surface area contributed by atoms with E-state index in [9.17, 15) is 13.2 Å². The van der Waals surface area contributed by atoms with Crippen molar-refractivity contribution in [3.63, 3.8) is 0 Å². The zero-order chi connectivity index (χ0) is 12.6. The van der Waals surface area contributed by atoms with Crippen molar-refractivity contribution >= 4 is 30.6 Å². The van der Waals surface area contributed by atoms with Crippen LogP contribution in [0.15, 0.2) is 27.9 Å². The lowest BCUT2D eigenvalue weighted by atomic mass is 10.2. The Hall–Kier alpha value is -1.40. The van der Waals surface area contributed by atoms with Crippen LogP contribution in [0.5, 0.6) is 0 Å². The summed E-state index contributed by atoms with van der Waals surface area (Å²) in [6.07, 6.45) is 0.598. The predicted octanol–water partition coefficient (Wildman–Crippen LogP) is 1.41. The minimum Gasteiger partial charge on any atom is -0.310 e. The molecule has 7 heteroatoms. The third-order valence-corrected chi connectivity index (χ3v) is 3.69. The molecule has 0 radical (unpaired) electrons. The van der Waals surface area contributed by atoms with E-state index < -0.39 is 9.05 Å². The molecular weight excluding hydrogens is 264 g/mol. The minimum absolute atomic E-state index is 0.108. The molecule has 0 aliphatic heterocycles. The first-order valence-corrected chi connectivity index (χ1v) is 7.20. The lowest BCUT2D eigenvalue weighted by Gasteiger charge is -2.01. The van der Waals surface area contributed by atoms with Crippen molar-refractivity contribution in [1.29, 1.82) is 0 Å². The van der Waals surface area contributed by atoms with E-state index in [1.54, 1.807) is 0 Å². The molecule has 0 aliphatic carbocycles. The maximum absolute atomic E-state index is 11.7. The van der Waals surface area contributed by atoms with Gasteiger partial charge in [0, 0.05) is 17.1 Å². The molecule has 1 aromatic carbocycles. The number of fused-ring (bicyclic) bond motifs is 1. The van der Waals surface area contributed by atoms with Gasteiger partial charge in [0.05, 0.1) is 15.8 Å². The molecule has 90 valence electrons. The largest absolute Gasteiger partial charge is 0.310 e. The van der Waals surface area contributed by atoms with Crippen molar-refractivity contribution in [1.82, 2.24) is 9.97 Å². The van der Waals surface area contributed by atoms with Crippen LogP contribution in [0.25, 0.3) is 10.9 Å². The van der Waals surface area contributed by atoms with Crippen molar-refractivity contribution in [2.45, 2.75) is 18.2 Å². The number of aromatic amines is 1. The molecule has 17 heavy (non-hydrogen) atoms. The summed E-state index contributed by atoms with van der Waals surface area (Å²) in [6.45, 7) is 1.86. The number of hydrogen-bond acceptors (Lipinski definition) is 4. The van der Waals surface area contributed by atoms with Crippen molar-refractivity contribution in [3.05, 3.63) is 34.4 Å². The smallest absolute Gasteiger partial charge is 0.261 e. The molecule has 0 atom stereocenters. The molecule has 0 unspecified atom stereocenters. The van der Waals surface area contributed by atoms with Crippen LogP contribution in [0.2, 0.25) is 0 Å². The fourth-order valence-corrected chi connectivity index (χ4v) is 2.26. The number of H-pyrrole nitrogens is 1. The summed E-state index contributed by atoms with van der Waals surface area (Å²) in [6, 6.07) is 4.03. The quantitative estimate of drug-likeness (QED) is 0.839. The van der Waals surface area contributed by atoms with Gasteiger partial charge in [0.2, 0.25) is 0 Å². The predicted molar refractivity (Wildman–Crippen MR) is 64.8 cm³/mol. The maximum atomic E-state index is 11.7. The van der Waals surface area contributed by atoms with E-state index in [1.807, 2.05) is 6.92 Å². The summed E-state index contributed by atoms with van der Waals surface area (Å²) < 4.78 is 22.3. The summed E-state index contributed by atoms with van der Waals surface area (Å²) in [5.74, 6) is 0.559. The Morgan fingerprint density at radius 3 is 2.71 bits per heavy atom. The molecule has 0 spiro atoms. The second-order valence-corrected chi connectivity index (χ2v) is 6.05. The van der Waals surface area contributed by atoms with Crippen molar-refractivity contribution in [2.75, 3.05) is 0 Å². The zero-order valence-electron chi connectivity index (χ0n) is 8.90. The fraction of sp³-hybridized carbons (Fsp3) is 0.200. The van der Waals surface area contributed by atoms with Gasteiger partial charge < -0.3 is 4.98 Å². The highest BCUT2D eigenvalue weighted by Crippen LogP contribution is 2.18. The molecule has 0 bridgehead atoms. The summed E-state index contributed by atoms with van der Waals surface area (Å²) in [4.78, 5) is 18.4. The fourth-order valence-electron chi connectivity index (χ4n) is 1.49. The van der Waals surface area contributed by atoms with Crippen LogP contribution >= 0.6 is 10.7 Å². The molecule has 1 heterocycles. The molecule has 1 N–H and O–H groups in total. The van der Waals surface area contributed by atoms with Gasteiger partial charge in [-0.1, -0.05) is 6.92 Å². The first-order chi connectivity index (χ1) is 7.91. The highest BCUT2D eigenvalue weighted by molar-refractivity contribution is 8.13. The maximum Gasteiger partial charge on any atom is 0.261 e. The molecule has 0 fully saturated rings. The molecule has 0 amide bonds. The monoisotopic (exact) mass is 272 g/mol. The SMILES string of the molecule is CCc1nc2ccc(S(=O)(=O)Cl)cc2c(=O)[nH]1. The Balaban J connectivity index is 2.80. The second-order valence-electron chi connectivity index (χ2n) is 3.48. The number of rotatable bonds is 2. The standard InChI is InChI=1S/C10H9ClN2O3S/c1-2-9-12-8-4-3-6(17(11,15)16)5-7(8)10(14)13-9/h3-5H,2H2,1H3,(H,12,13,14). The van der Waals surface area contributed by atoms with E-state index in [0.717, 1.165) is 0 Å². The number of benzene rings is 1. The molecule has 0 saturated carbocycles. The summed E-state index contributed by atoms with van der Waals surface area (Å²) >= 11 is 0. The van der Waals surface area contributed by atoms with Crippen LogP contribution in [0.4, 0.5) is 0 Å². The average molecular weight is 273 g/mol. The van der Waals surface area contributed by atoms with E-state index in [1.165, 1.54) is 18.2 Å². The van der Waals surface area contributed by atoms with Crippen LogP contribution in [0.1, 0.15) is 12.7 Å². The topological polar surface area (TPSA) is 79.9 Å². The van der Waals surface area contributed by atoms with Crippen molar-refractivity contribution in [3.8, 4) is 0 Å². The molecule has 2 rings (SSSR count). The van der Waals surface area contributed by atoms with Gasteiger partial charge in [-0.05, 0) is 18.2 Å². The van der Waals surface area contributed by atoms with Crippen LogP contribution in [0.3, 0.4) is 0 Å². The van der Waals surface area contributed by atoms with Crippen LogP contribution < -0.4 is 5.56 Å². The first kappa shape index (κ1) is 12.1. The van der Waals surface area contributed by atoms with Gasteiger partial charge in [-0.2, -0.15) is 0 Å². The highest BCUT2D eigenvalue weighted by atomic mass is 35.7. The van der Waals surface area contributed by atoms with Gasteiger partial charge in [-0.15, -0.1) is 0 Å². The number of aromatic nitrogens is 2. The van der Waals surface area contributed by atoms with Crippen molar-refractivity contribution < 1.29 is 8.42 Å². The van der Waals surface area contributed by atoms with Gasteiger partial charge in [0.25, 0.3) is 14.6 Å². The molecule has 0 saturated heterocycles. The second kappa shape index (κ2) is 4.12. The molecular formula is C10H9ClN2O3S. The molecule has 1 aromatic heterocycles. The number of aryl methyl sites for hydroxylation is 1. The van der Waals surface area contributed by atoms with Gasteiger partial charge in [-0.3, -0.25) is 4.79 Å². The zero-order valence-corrected chi connectivity index (χ0v) is 10.5. The van der Waals surface area contributed by atoms with E-state index in [0.29, 0.717) is 17.8 Å². The number of nitrogens with one attached hydrogen (secondary N) is 1. The molecule has 2 aromatic rings. The van der Waals surface area contributed by atoms with E-state index >= 15 is 0 Å². The minimum atomic E-state index is -3.84. The summed E-state index contributed by atoms with van der Waals surface area (Å²) in [5, 5.41) is 0.212. The van der Waals surface area contributed by atoms with E-state index in [4.69, 9.17) is 10.7 Å². The number of hydrogen-bond donors (Lipinski definition) is 1. The number of nitrogens with zero attached hydrogens (tertiary/aromatic N) is 1. The normalized spacial score (nSPS) is 11.9. The van der Waals surface area contributed by atoms with Gasteiger partial charge >= 0.3 is 0 Å². The summed E-state index contributed by atoms with van der Waals surface area (Å²) in [5.41, 5.74) is 0.0867. The van der Waals surface area contributed by atoms with Gasteiger partial charge in [-0.25, -0.2) is 13.4 Å². The Kier molecular flexibility index (Phi) is 2.92. The lowest BCUT2D eigenvalue weighted by Crippen LogP contribution is -2.11. The first-order valence-electron chi connectivity index (χ1n) is 4.89. The van der Waals surface area contributed by atoms with Crippen molar-refractivity contribution in [2.24, 2.45) is 0 Å². The summed E-state index contributed by atoms with van der Waals surface area (Å²) in [7, 11) is 1.37. The Bertz CT molecular complexity index is 737. The Morgan fingerprint density at radius 2 is 2.12 bits per heavy atom. The highest BCUT2D eigenvalue weighted by Gasteiger charge is 2.12. The van der Waals surface area contributed by atoms with E-state index in [-0.39, 0.29) is 15.8 Å². The third kappa shape index (κ3) is 2.32. The van der Waals surface area contributed by atoms with Crippen LogP contribution in [-0.2, 0) is 15.5 Å². The molecule has 5 nitrogen and oxygen atoms in total.